The van der Waals surface area contributed by atoms with E-state index in [1.807, 2.05) is 0 Å². The van der Waals surface area contributed by atoms with Crippen LogP contribution in [0.4, 0.5) is 0 Å². The van der Waals surface area contributed by atoms with E-state index in [0.717, 1.165) is 0 Å². The van der Waals surface area contributed by atoms with Crippen LogP contribution in [0.25, 0.3) is 0 Å². The van der Waals surface area contributed by atoms with Gasteiger partial charge in [-0.25, -0.2) is 0 Å². The average molecular weight is 208 g/mol. The first-order valence-corrected chi connectivity index (χ1v) is 5.13. The lowest BCUT2D eigenvalue weighted by molar-refractivity contribution is 0.167. The third kappa shape index (κ3) is 2.78. The summed E-state index contributed by atoms with van der Waals surface area (Å²) in [6.45, 7) is 6.90. The van der Waals surface area contributed by atoms with E-state index < -0.39 is 0 Å². The van der Waals surface area contributed by atoms with E-state index in [2.05, 4.69) is 38.3 Å². The van der Waals surface area contributed by atoms with Crippen LogP contribution >= 0.6 is 0 Å². The Morgan fingerprint density at radius 3 is 2.20 bits per heavy atom. The maximum atomic E-state index is 5.54. The Morgan fingerprint density at radius 2 is 1.80 bits per heavy atom. The summed E-state index contributed by atoms with van der Waals surface area (Å²) in [7, 11) is 1.68. The van der Waals surface area contributed by atoms with Crippen molar-refractivity contribution in [1.29, 1.82) is 0 Å². The molecule has 1 aromatic rings. The van der Waals surface area contributed by atoms with Gasteiger partial charge in [0.2, 0.25) is 0 Å². The summed E-state index contributed by atoms with van der Waals surface area (Å²) in [5.41, 5.74) is 7.83. The summed E-state index contributed by atoms with van der Waals surface area (Å²) in [4.78, 5) is 0. The zero-order chi connectivity index (χ0) is 11.4. The van der Waals surface area contributed by atoms with E-state index >= 15 is 0 Å². The molecule has 3 heteroatoms. The summed E-state index contributed by atoms with van der Waals surface area (Å²) in [5, 5.41) is 0. The van der Waals surface area contributed by atoms with Gasteiger partial charge in [0.25, 0.3) is 0 Å². The van der Waals surface area contributed by atoms with Gasteiger partial charge in [-0.2, -0.15) is 0 Å². The second-order valence-corrected chi connectivity index (χ2v) is 3.99. The summed E-state index contributed by atoms with van der Waals surface area (Å²) in [6.07, 6.45) is 0. The van der Waals surface area contributed by atoms with Crippen molar-refractivity contribution in [1.82, 2.24) is 5.43 Å². The van der Waals surface area contributed by atoms with Crippen molar-refractivity contribution in [2.45, 2.75) is 26.8 Å². The molecule has 15 heavy (non-hydrogen) atoms. The Kier molecular flexibility index (Phi) is 4.27. The number of hydrogen-bond acceptors (Lipinski definition) is 3. The van der Waals surface area contributed by atoms with E-state index in [1.165, 1.54) is 22.3 Å². The lowest BCUT2D eigenvalue weighted by atomic mass is 9.95. The molecule has 0 aliphatic heterocycles. The van der Waals surface area contributed by atoms with Crippen LogP contribution in [0.2, 0.25) is 0 Å². The molecule has 1 unspecified atom stereocenters. The van der Waals surface area contributed by atoms with Gasteiger partial charge in [0, 0.05) is 7.11 Å². The highest BCUT2D eigenvalue weighted by Crippen LogP contribution is 2.23. The molecule has 0 bridgehead atoms. The molecule has 3 nitrogen and oxygen atoms in total. The number of nitrogens with one attached hydrogen (secondary N) is 1. The van der Waals surface area contributed by atoms with Gasteiger partial charge >= 0.3 is 0 Å². The molecule has 84 valence electrons. The smallest absolute Gasteiger partial charge is 0.0698 e. The van der Waals surface area contributed by atoms with Crippen molar-refractivity contribution in [2.24, 2.45) is 5.84 Å². The van der Waals surface area contributed by atoms with Gasteiger partial charge < -0.3 is 4.74 Å². The number of rotatable bonds is 4. The van der Waals surface area contributed by atoms with Gasteiger partial charge in [-0.1, -0.05) is 17.7 Å². The van der Waals surface area contributed by atoms with Crippen molar-refractivity contribution in [3.63, 3.8) is 0 Å². The van der Waals surface area contributed by atoms with Crippen LogP contribution in [0.5, 0.6) is 0 Å². The fourth-order valence-corrected chi connectivity index (χ4v) is 2.12. The molecule has 0 saturated carbocycles. The molecule has 0 aliphatic carbocycles. The molecule has 1 atom stereocenters. The lowest BCUT2D eigenvalue weighted by Crippen LogP contribution is -2.32. The van der Waals surface area contributed by atoms with Crippen LogP contribution in [0.1, 0.15) is 28.3 Å². The molecule has 0 spiro atoms. The number of nitrogens with two attached hydrogens (primary N) is 1. The van der Waals surface area contributed by atoms with Crippen molar-refractivity contribution in [3.8, 4) is 0 Å². The van der Waals surface area contributed by atoms with Crippen molar-refractivity contribution < 1.29 is 4.74 Å². The Bertz CT molecular complexity index is 313. The number of ether oxygens (including phenoxy) is 1. The van der Waals surface area contributed by atoms with Gasteiger partial charge in [-0.3, -0.25) is 11.3 Å². The monoisotopic (exact) mass is 208 g/mol. The molecule has 0 saturated heterocycles. The van der Waals surface area contributed by atoms with Gasteiger partial charge in [0.15, 0.2) is 0 Å². The quantitative estimate of drug-likeness (QED) is 0.585. The Hall–Kier alpha value is -0.900. The summed E-state index contributed by atoms with van der Waals surface area (Å²) >= 11 is 0. The van der Waals surface area contributed by atoms with Gasteiger partial charge in [0.1, 0.15) is 0 Å². The highest BCUT2D eigenvalue weighted by molar-refractivity contribution is 5.39. The third-order valence-electron chi connectivity index (χ3n) is 2.62. The second kappa shape index (κ2) is 5.26. The molecule has 0 radical (unpaired) electrons. The summed E-state index contributed by atoms with van der Waals surface area (Å²) in [6, 6.07) is 4.40. The molecule has 1 rings (SSSR count). The number of methoxy groups -OCH3 is 1. The minimum atomic E-state index is 0.0654. The predicted octanol–water partition coefficient (Wildman–Crippen LogP) is 1.76. The van der Waals surface area contributed by atoms with Crippen molar-refractivity contribution in [3.05, 3.63) is 34.4 Å². The average Bonchev–Trinajstić information content (AvgIpc) is 2.14. The summed E-state index contributed by atoms with van der Waals surface area (Å²) < 4.78 is 5.15. The Balaban J connectivity index is 3.11. The molecule has 3 N–H and O–H groups in total. The second-order valence-electron chi connectivity index (χ2n) is 3.99. The number of aryl methyl sites for hydroxylation is 3. The highest BCUT2D eigenvalue weighted by Gasteiger charge is 2.14. The Morgan fingerprint density at radius 1 is 1.27 bits per heavy atom. The zero-order valence-corrected chi connectivity index (χ0v) is 9.92. The third-order valence-corrected chi connectivity index (χ3v) is 2.62. The van der Waals surface area contributed by atoms with Gasteiger partial charge in [0.05, 0.1) is 12.6 Å². The SMILES string of the molecule is COCC(NN)c1c(C)cc(C)cc1C. The van der Waals surface area contributed by atoms with Gasteiger partial charge in [-0.15, -0.1) is 0 Å². The van der Waals surface area contributed by atoms with Crippen LogP contribution in [-0.4, -0.2) is 13.7 Å². The maximum Gasteiger partial charge on any atom is 0.0698 e. The van der Waals surface area contributed by atoms with Crippen LogP contribution < -0.4 is 11.3 Å². The number of hydrogen-bond donors (Lipinski definition) is 2. The standard InChI is InChI=1S/C12H20N2O/c1-8-5-9(2)12(10(3)6-8)11(14-13)7-15-4/h5-6,11,14H,7,13H2,1-4H3. The van der Waals surface area contributed by atoms with Crippen molar-refractivity contribution >= 4 is 0 Å². The first-order valence-electron chi connectivity index (χ1n) is 5.13. The molecule has 0 aliphatic rings. The van der Waals surface area contributed by atoms with Crippen LogP contribution in [0.15, 0.2) is 12.1 Å². The van der Waals surface area contributed by atoms with E-state index in [0.29, 0.717) is 6.61 Å². The first kappa shape index (κ1) is 12.2. The first-order chi connectivity index (χ1) is 7.10. The Labute approximate surface area is 91.6 Å². The largest absolute Gasteiger partial charge is 0.383 e. The molecule has 1 aromatic carbocycles. The van der Waals surface area contributed by atoms with Crippen molar-refractivity contribution in [2.75, 3.05) is 13.7 Å². The number of benzene rings is 1. The zero-order valence-electron chi connectivity index (χ0n) is 9.92. The van der Waals surface area contributed by atoms with E-state index in [1.54, 1.807) is 7.11 Å². The predicted molar refractivity (Wildman–Crippen MR) is 62.6 cm³/mol. The van der Waals surface area contributed by atoms with E-state index in [9.17, 15) is 0 Å². The maximum absolute atomic E-state index is 5.54. The van der Waals surface area contributed by atoms with Gasteiger partial charge in [-0.05, 0) is 37.5 Å². The molecule has 0 amide bonds. The molecular weight excluding hydrogens is 188 g/mol. The lowest BCUT2D eigenvalue weighted by Gasteiger charge is -2.20. The number of hydrazine groups is 1. The fourth-order valence-electron chi connectivity index (χ4n) is 2.12. The van der Waals surface area contributed by atoms with Crippen LogP contribution in [-0.2, 0) is 4.74 Å². The molecule has 0 fully saturated rings. The van der Waals surface area contributed by atoms with E-state index in [4.69, 9.17) is 10.6 Å². The van der Waals surface area contributed by atoms with Crippen LogP contribution in [0.3, 0.4) is 0 Å². The minimum absolute atomic E-state index is 0.0654. The topological polar surface area (TPSA) is 47.3 Å². The van der Waals surface area contributed by atoms with E-state index in [-0.39, 0.29) is 6.04 Å². The molecule has 0 aromatic heterocycles. The fraction of sp³-hybridized carbons (Fsp3) is 0.500. The van der Waals surface area contributed by atoms with Crippen LogP contribution in [0, 0.1) is 20.8 Å². The summed E-state index contributed by atoms with van der Waals surface area (Å²) in [5.74, 6) is 5.54. The normalized spacial score (nSPS) is 12.9. The minimum Gasteiger partial charge on any atom is -0.383 e. The molecular formula is C12H20N2O. The highest BCUT2D eigenvalue weighted by atomic mass is 16.5. The molecule has 0 heterocycles.